The van der Waals surface area contributed by atoms with Gasteiger partial charge in [0.15, 0.2) is 0 Å². The minimum atomic E-state index is -0.335. The van der Waals surface area contributed by atoms with Crippen LogP contribution >= 0.6 is 0 Å². The fourth-order valence-electron chi connectivity index (χ4n) is 5.53. The number of nitrogens with one attached hydrogen (secondary N) is 1. The van der Waals surface area contributed by atoms with Gasteiger partial charge in [-0.05, 0) is 48.9 Å². The summed E-state index contributed by atoms with van der Waals surface area (Å²) < 4.78 is 0. The van der Waals surface area contributed by atoms with E-state index < -0.39 is 0 Å². The number of carbonyl (C=O) groups is 2. The largest absolute Gasteiger partial charge is 0.353 e. The van der Waals surface area contributed by atoms with Crippen LogP contribution in [0.4, 0.5) is 0 Å². The molecule has 3 fully saturated rings. The molecule has 4 heteroatoms. The summed E-state index contributed by atoms with van der Waals surface area (Å²) in [6.45, 7) is 14.5. The fourth-order valence-corrected chi connectivity index (χ4v) is 5.53. The number of likely N-dealkylation sites (tertiary alicyclic amines) is 1. The summed E-state index contributed by atoms with van der Waals surface area (Å²) in [5, 5.41) is 3.41. The molecule has 2 amide bonds. The summed E-state index contributed by atoms with van der Waals surface area (Å²) in [6, 6.07) is 0.322. The fraction of sp³-hybridized carbons (Fsp3) is 0.905. The van der Waals surface area contributed by atoms with Gasteiger partial charge in [0.25, 0.3) is 0 Å². The number of rotatable bonds is 2. The Morgan fingerprint density at radius 1 is 1.04 bits per heavy atom. The average Bonchev–Trinajstić information content (AvgIpc) is 2.87. The van der Waals surface area contributed by atoms with E-state index >= 15 is 0 Å². The van der Waals surface area contributed by atoms with Crippen LogP contribution in [-0.2, 0) is 9.59 Å². The lowest BCUT2D eigenvalue weighted by Gasteiger charge is -2.40. The van der Waals surface area contributed by atoms with Gasteiger partial charge < -0.3 is 10.2 Å². The molecule has 0 spiro atoms. The lowest BCUT2D eigenvalue weighted by Crippen LogP contribution is -2.51. The number of hydrogen-bond donors (Lipinski definition) is 1. The molecule has 0 aromatic carbocycles. The van der Waals surface area contributed by atoms with E-state index in [0.717, 1.165) is 25.2 Å². The number of nitrogens with zero attached hydrogens (tertiary/aromatic N) is 1. The molecule has 4 nitrogen and oxygen atoms in total. The molecule has 3 unspecified atom stereocenters. The number of fused-ring (bicyclic) bond motifs is 2. The van der Waals surface area contributed by atoms with E-state index in [9.17, 15) is 9.59 Å². The molecule has 2 saturated carbocycles. The van der Waals surface area contributed by atoms with Crippen LogP contribution in [0.2, 0.25) is 0 Å². The smallest absolute Gasteiger partial charge is 0.227 e. The molecule has 1 aliphatic heterocycles. The Hall–Kier alpha value is -1.06. The predicted octanol–water partition coefficient (Wildman–Crippen LogP) is 3.60. The summed E-state index contributed by atoms with van der Waals surface area (Å²) in [5.41, 5.74) is 0.224. The first-order chi connectivity index (χ1) is 11.5. The van der Waals surface area contributed by atoms with Crippen LogP contribution in [-0.4, -0.2) is 35.8 Å². The van der Waals surface area contributed by atoms with Gasteiger partial charge in [0.1, 0.15) is 0 Å². The van der Waals surface area contributed by atoms with Gasteiger partial charge in [-0.25, -0.2) is 0 Å². The highest BCUT2D eigenvalue weighted by atomic mass is 16.2. The number of amides is 2. The van der Waals surface area contributed by atoms with Crippen LogP contribution in [0.15, 0.2) is 0 Å². The molecule has 2 aliphatic carbocycles. The highest BCUT2D eigenvalue weighted by Gasteiger charge is 2.61. The quantitative estimate of drug-likeness (QED) is 0.829. The Balaban J connectivity index is 1.55. The van der Waals surface area contributed by atoms with Crippen molar-refractivity contribution in [2.45, 2.75) is 79.7 Å². The van der Waals surface area contributed by atoms with Crippen molar-refractivity contribution in [1.29, 1.82) is 0 Å². The average molecular weight is 349 g/mol. The van der Waals surface area contributed by atoms with E-state index in [4.69, 9.17) is 0 Å². The van der Waals surface area contributed by atoms with Crippen molar-refractivity contribution >= 4 is 11.8 Å². The second-order valence-electron chi connectivity index (χ2n) is 10.5. The molecular formula is C21H36N2O2. The third-order valence-electron chi connectivity index (χ3n) is 7.91. The highest BCUT2D eigenvalue weighted by molar-refractivity contribution is 5.83. The maximum Gasteiger partial charge on any atom is 0.227 e. The summed E-state index contributed by atoms with van der Waals surface area (Å²) >= 11 is 0. The van der Waals surface area contributed by atoms with E-state index in [1.165, 1.54) is 12.8 Å². The van der Waals surface area contributed by atoms with Gasteiger partial charge in [0.05, 0.1) is 0 Å². The summed E-state index contributed by atoms with van der Waals surface area (Å²) in [5.74, 6) is 1.23. The maximum atomic E-state index is 12.8. The van der Waals surface area contributed by atoms with Crippen molar-refractivity contribution in [3.05, 3.63) is 0 Å². The Morgan fingerprint density at radius 3 is 2.08 bits per heavy atom. The van der Waals surface area contributed by atoms with E-state index in [1.807, 2.05) is 25.7 Å². The van der Waals surface area contributed by atoms with Crippen molar-refractivity contribution in [2.24, 2.45) is 28.1 Å². The third kappa shape index (κ3) is 3.00. The van der Waals surface area contributed by atoms with Crippen LogP contribution in [0.5, 0.6) is 0 Å². The summed E-state index contributed by atoms with van der Waals surface area (Å²) in [7, 11) is 0. The van der Waals surface area contributed by atoms with Gasteiger partial charge in [0, 0.05) is 30.5 Å². The zero-order valence-corrected chi connectivity index (χ0v) is 16.9. The first-order valence-corrected chi connectivity index (χ1v) is 10.1. The number of hydrogen-bond acceptors (Lipinski definition) is 2. The zero-order chi connectivity index (χ0) is 18.6. The second-order valence-corrected chi connectivity index (χ2v) is 10.5. The van der Waals surface area contributed by atoms with E-state index in [1.54, 1.807) is 0 Å². The second kappa shape index (κ2) is 5.99. The van der Waals surface area contributed by atoms with Crippen molar-refractivity contribution in [3.8, 4) is 0 Å². The summed E-state index contributed by atoms with van der Waals surface area (Å²) in [6.07, 6.45) is 5.27. The van der Waals surface area contributed by atoms with Crippen LogP contribution < -0.4 is 5.32 Å². The van der Waals surface area contributed by atoms with Gasteiger partial charge >= 0.3 is 0 Å². The van der Waals surface area contributed by atoms with Gasteiger partial charge in [-0.1, -0.05) is 41.5 Å². The molecule has 0 radical (unpaired) electrons. The monoisotopic (exact) mass is 348 g/mol. The lowest BCUT2D eigenvalue weighted by molar-refractivity contribution is -0.142. The summed E-state index contributed by atoms with van der Waals surface area (Å²) in [4.78, 5) is 27.2. The Bertz CT molecular complexity index is 555. The zero-order valence-electron chi connectivity index (χ0n) is 16.9. The van der Waals surface area contributed by atoms with Gasteiger partial charge in [-0.15, -0.1) is 0 Å². The first kappa shape index (κ1) is 18.7. The molecule has 1 heterocycles. The molecule has 0 aromatic heterocycles. The molecule has 0 aromatic rings. The van der Waals surface area contributed by atoms with E-state index in [-0.39, 0.29) is 28.6 Å². The Morgan fingerprint density at radius 2 is 1.64 bits per heavy atom. The molecular weight excluding hydrogens is 312 g/mol. The van der Waals surface area contributed by atoms with Crippen LogP contribution in [0, 0.1) is 28.1 Å². The predicted molar refractivity (Wildman–Crippen MR) is 99.9 cm³/mol. The molecule has 3 aliphatic rings. The normalized spacial score (nSPS) is 35.0. The minimum absolute atomic E-state index is 0.0647. The van der Waals surface area contributed by atoms with Gasteiger partial charge in [0.2, 0.25) is 11.8 Å². The molecule has 1 N–H and O–H groups in total. The molecule has 142 valence electrons. The van der Waals surface area contributed by atoms with Crippen LogP contribution in [0.1, 0.15) is 73.6 Å². The van der Waals surface area contributed by atoms with Gasteiger partial charge in [-0.3, -0.25) is 9.59 Å². The lowest BCUT2D eigenvalue weighted by atomic mass is 9.69. The van der Waals surface area contributed by atoms with Crippen molar-refractivity contribution in [3.63, 3.8) is 0 Å². The van der Waals surface area contributed by atoms with Crippen LogP contribution in [0.3, 0.4) is 0 Å². The minimum Gasteiger partial charge on any atom is -0.353 e. The van der Waals surface area contributed by atoms with Crippen molar-refractivity contribution in [2.75, 3.05) is 13.1 Å². The molecule has 2 bridgehead atoms. The van der Waals surface area contributed by atoms with Gasteiger partial charge in [-0.2, -0.15) is 0 Å². The molecule has 3 atom stereocenters. The Labute approximate surface area is 153 Å². The maximum absolute atomic E-state index is 12.8. The third-order valence-corrected chi connectivity index (χ3v) is 7.91. The Kier molecular flexibility index (Phi) is 4.49. The molecule has 25 heavy (non-hydrogen) atoms. The van der Waals surface area contributed by atoms with Crippen molar-refractivity contribution in [1.82, 2.24) is 10.2 Å². The van der Waals surface area contributed by atoms with E-state index in [0.29, 0.717) is 24.5 Å². The number of carbonyl (C=O) groups excluding carboxylic acids is 2. The highest BCUT2D eigenvalue weighted by Crippen LogP contribution is 2.65. The van der Waals surface area contributed by atoms with Crippen molar-refractivity contribution < 1.29 is 9.59 Å². The molecule has 1 saturated heterocycles. The molecule has 3 rings (SSSR count). The standard InChI is InChI=1S/C21H36N2O2/c1-19(2,3)18(25)23-11-8-14(9-12-23)17(24)22-16-13-15-7-10-21(16,6)20(15,4)5/h14-16H,7-13H2,1-6H3,(H,22,24). The number of piperidine rings is 1. The van der Waals surface area contributed by atoms with E-state index in [2.05, 4.69) is 26.1 Å². The first-order valence-electron chi connectivity index (χ1n) is 10.1. The topological polar surface area (TPSA) is 49.4 Å². The van der Waals surface area contributed by atoms with Crippen LogP contribution in [0.25, 0.3) is 0 Å². The SMILES string of the molecule is CC(C)(C)C(=O)N1CCC(C(=O)NC2CC3CCC2(C)C3(C)C)CC1.